The fourth-order valence-electron chi connectivity index (χ4n) is 1.35. The van der Waals surface area contributed by atoms with Crippen LogP contribution >= 0.6 is 35.6 Å². The van der Waals surface area contributed by atoms with Crippen LogP contribution in [0.5, 0.6) is 0 Å². The summed E-state index contributed by atoms with van der Waals surface area (Å²) in [6, 6.07) is 11.4. The Kier molecular flexibility index (Phi) is 5.07. The Hall–Kier alpha value is -0.760. The summed E-state index contributed by atoms with van der Waals surface area (Å²) >= 11 is 12.1. The molecule has 1 aromatic carbocycles. The van der Waals surface area contributed by atoms with Gasteiger partial charge in [0.15, 0.2) is 0 Å². The maximum atomic E-state index is 6.30. The second-order valence-electron chi connectivity index (χ2n) is 3.20. The molecule has 1 atom stereocenters. The third-order valence-electron chi connectivity index (χ3n) is 2.14. The number of pyridine rings is 1. The van der Waals surface area contributed by atoms with E-state index in [1.54, 1.807) is 12.4 Å². The molecule has 84 valence electrons. The number of hydrogen-bond donors (Lipinski definition) is 0. The minimum absolute atomic E-state index is 0. The quantitative estimate of drug-likeness (QED) is 0.736. The standard InChI is InChI=1S/C12H9Cl2N.ClH/c13-11-5-3-9(4-6-11)12(14)10-2-1-7-15-8-10;/h1-8,12H;1H. The summed E-state index contributed by atoms with van der Waals surface area (Å²) in [7, 11) is 0. The van der Waals surface area contributed by atoms with E-state index in [2.05, 4.69) is 4.98 Å². The van der Waals surface area contributed by atoms with E-state index in [1.165, 1.54) is 0 Å². The number of hydrogen-bond acceptors (Lipinski definition) is 1. The van der Waals surface area contributed by atoms with Gasteiger partial charge in [-0.1, -0.05) is 29.8 Å². The maximum absolute atomic E-state index is 6.30. The molecule has 0 aliphatic heterocycles. The van der Waals surface area contributed by atoms with E-state index >= 15 is 0 Å². The number of rotatable bonds is 2. The van der Waals surface area contributed by atoms with Crippen molar-refractivity contribution < 1.29 is 0 Å². The molecule has 0 saturated heterocycles. The first kappa shape index (κ1) is 13.3. The summed E-state index contributed by atoms with van der Waals surface area (Å²) in [6.45, 7) is 0. The van der Waals surface area contributed by atoms with Crippen LogP contribution in [0.25, 0.3) is 0 Å². The van der Waals surface area contributed by atoms with Crippen LogP contribution in [0.1, 0.15) is 16.5 Å². The van der Waals surface area contributed by atoms with Gasteiger partial charge in [-0.25, -0.2) is 0 Å². The van der Waals surface area contributed by atoms with E-state index < -0.39 is 0 Å². The molecule has 2 aromatic rings. The molecule has 0 saturated carbocycles. The van der Waals surface area contributed by atoms with E-state index in [4.69, 9.17) is 23.2 Å². The van der Waals surface area contributed by atoms with Gasteiger partial charge in [-0.2, -0.15) is 0 Å². The van der Waals surface area contributed by atoms with Crippen LogP contribution in [0.3, 0.4) is 0 Å². The normalized spacial score (nSPS) is 11.6. The molecule has 0 bridgehead atoms. The monoisotopic (exact) mass is 273 g/mol. The third kappa shape index (κ3) is 3.11. The lowest BCUT2D eigenvalue weighted by Crippen LogP contribution is -1.93. The van der Waals surface area contributed by atoms with Crippen molar-refractivity contribution in [2.45, 2.75) is 5.38 Å². The molecule has 1 nitrogen and oxygen atoms in total. The van der Waals surface area contributed by atoms with Crippen LogP contribution in [0.2, 0.25) is 5.02 Å². The fraction of sp³-hybridized carbons (Fsp3) is 0.0833. The summed E-state index contributed by atoms with van der Waals surface area (Å²) in [5.74, 6) is 0. The molecule has 1 aromatic heterocycles. The summed E-state index contributed by atoms with van der Waals surface area (Å²) in [4.78, 5) is 4.04. The van der Waals surface area contributed by atoms with Crippen molar-refractivity contribution in [1.29, 1.82) is 0 Å². The molecule has 4 heteroatoms. The maximum Gasteiger partial charge on any atom is 0.0850 e. The molecule has 0 N–H and O–H groups in total. The van der Waals surface area contributed by atoms with Crippen molar-refractivity contribution in [2.75, 3.05) is 0 Å². The lowest BCUT2D eigenvalue weighted by molar-refractivity contribution is 1.11. The minimum Gasteiger partial charge on any atom is -0.264 e. The Balaban J connectivity index is 0.00000128. The van der Waals surface area contributed by atoms with Gasteiger partial charge in [-0.05, 0) is 29.3 Å². The van der Waals surface area contributed by atoms with Crippen molar-refractivity contribution >= 4 is 35.6 Å². The van der Waals surface area contributed by atoms with Gasteiger partial charge in [-0.15, -0.1) is 24.0 Å². The van der Waals surface area contributed by atoms with E-state index in [-0.39, 0.29) is 17.8 Å². The number of aromatic nitrogens is 1. The van der Waals surface area contributed by atoms with Crippen LogP contribution in [0, 0.1) is 0 Å². The summed E-state index contributed by atoms with van der Waals surface area (Å²) in [5.41, 5.74) is 2.01. The molecule has 0 radical (unpaired) electrons. The van der Waals surface area contributed by atoms with Gasteiger partial charge in [0.1, 0.15) is 0 Å². The second kappa shape index (κ2) is 6.09. The predicted octanol–water partition coefficient (Wildman–Crippen LogP) is 4.49. The number of benzene rings is 1. The van der Waals surface area contributed by atoms with Crippen LogP contribution in [0.4, 0.5) is 0 Å². The Morgan fingerprint density at radius 1 is 1.00 bits per heavy atom. The molecule has 0 fully saturated rings. The summed E-state index contributed by atoms with van der Waals surface area (Å²) in [5, 5.41) is 0.546. The molecule has 1 heterocycles. The number of halogens is 3. The van der Waals surface area contributed by atoms with Crippen molar-refractivity contribution in [3.63, 3.8) is 0 Å². The number of alkyl halides is 1. The predicted molar refractivity (Wildman–Crippen MR) is 70.6 cm³/mol. The average molecular weight is 275 g/mol. The fourth-order valence-corrected chi connectivity index (χ4v) is 1.75. The summed E-state index contributed by atoms with van der Waals surface area (Å²) in [6.07, 6.45) is 3.50. The first-order chi connectivity index (χ1) is 7.27. The van der Waals surface area contributed by atoms with Crippen molar-refractivity contribution in [3.05, 3.63) is 64.9 Å². The smallest absolute Gasteiger partial charge is 0.0850 e. The lowest BCUT2D eigenvalue weighted by atomic mass is 10.1. The molecule has 0 spiro atoms. The minimum atomic E-state index is -0.170. The first-order valence-electron chi connectivity index (χ1n) is 4.57. The van der Waals surface area contributed by atoms with Gasteiger partial charge in [-0.3, -0.25) is 4.98 Å². The molecule has 1 unspecified atom stereocenters. The van der Waals surface area contributed by atoms with Crippen LogP contribution in [0.15, 0.2) is 48.8 Å². The van der Waals surface area contributed by atoms with E-state index in [9.17, 15) is 0 Å². The van der Waals surface area contributed by atoms with Crippen molar-refractivity contribution in [1.82, 2.24) is 4.98 Å². The van der Waals surface area contributed by atoms with Gasteiger partial charge in [0.25, 0.3) is 0 Å². The molecular weight excluding hydrogens is 264 g/mol. The lowest BCUT2D eigenvalue weighted by Gasteiger charge is -2.09. The molecule has 0 amide bonds. The number of nitrogens with zero attached hydrogens (tertiary/aromatic N) is 1. The van der Waals surface area contributed by atoms with E-state index in [1.807, 2.05) is 36.4 Å². The molecule has 2 rings (SSSR count). The van der Waals surface area contributed by atoms with Gasteiger partial charge in [0, 0.05) is 17.4 Å². The highest BCUT2D eigenvalue weighted by Gasteiger charge is 2.09. The SMILES string of the molecule is Cl.Clc1ccc(C(Cl)c2cccnc2)cc1. The Morgan fingerprint density at radius 3 is 2.25 bits per heavy atom. The second-order valence-corrected chi connectivity index (χ2v) is 4.07. The van der Waals surface area contributed by atoms with Crippen molar-refractivity contribution in [2.24, 2.45) is 0 Å². The van der Waals surface area contributed by atoms with E-state index in [0.717, 1.165) is 11.1 Å². The van der Waals surface area contributed by atoms with Crippen molar-refractivity contribution in [3.8, 4) is 0 Å². The Morgan fingerprint density at radius 2 is 1.69 bits per heavy atom. The topological polar surface area (TPSA) is 12.9 Å². The molecule has 16 heavy (non-hydrogen) atoms. The largest absolute Gasteiger partial charge is 0.264 e. The van der Waals surface area contributed by atoms with Crippen LogP contribution in [-0.4, -0.2) is 4.98 Å². The third-order valence-corrected chi connectivity index (χ3v) is 2.90. The molecular formula is C12H10Cl3N. The molecule has 0 aliphatic rings. The highest BCUT2D eigenvalue weighted by Crippen LogP contribution is 2.28. The van der Waals surface area contributed by atoms with Crippen LogP contribution < -0.4 is 0 Å². The van der Waals surface area contributed by atoms with E-state index in [0.29, 0.717) is 5.02 Å². The van der Waals surface area contributed by atoms with Gasteiger partial charge < -0.3 is 0 Å². The van der Waals surface area contributed by atoms with Gasteiger partial charge in [0.2, 0.25) is 0 Å². The van der Waals surface area contributed by atoms with Crippen LogP contribution in [-0.2, 0) is 0 Å². The first-order valence-corrected chi connectivity index (χ1v) is 5.38. The zero-order valence-electron chi connectivity index (χ0n) is 8.31. The highest BCUT2D eigenvalue weighted by atomic mass is 35.5. The van der Waals surface area contributed by atoms with Gasteiger partial charge >= 0.3 is 0 Å². The Labute approximate surface area is 111 Å². The Bertz CT molecular complexity index is 428. The molecule has 0 aliphatic carbocycles. The average Bonchev–Trinajstić information content (AvgIpc) is 2.30. The van der Waals surface area contributed by atoms with Gasteiger partial charge in [0.05, 0.1) is 5.38 Å². The zero-order chi connectivity index (χ0) is 10.7. The summed E-state index contributed by atoms with van der Waals surface area (Å²) < 4.78 is 0. The zero-order valence-corrected chi connectivity index (χ0v) is 10.6. The highest BCUT2D eigenvalue weighted by molar-refractivity contribution is 6.30.